The molecule has 0 radical (unpaired) electrons. The Morgan fingerprint density at radius 3 is 2.73 bits per heavy atom. The number of aromatic nitrogens is 1. The Morgan fingerprint density at radius 2 is 2.27 bits per heavy atom. The lowest BCUT2D eigenvalue weighted by Crippen LogP contribution is -2.02. The zero-order valence-electron chi connectivity index (χ0n) is 7.48. The van der Waals surface area contributed by atoms with E-state index in [1.807, 2.05) is 28.7 Å². The van der Waals surface area contributed by atoms with E-state index in [0.29, 0.717) is 20.3 Å². The van der Waals surface area contributed by atoms with Gasteiger partial charge < -0.3 is 0 Å². The standard InChI is InChI=1S/C9H6BrF2IN2/c10-4-5-3-7(8(11)12)6(1-2-14)9(13)15-5/h3,8H,1,4H2. The first kappa shape index (κ1) is 12.8. The number of hydrogen-bond donors (Lipinski definition) is 0. The van der Waals surface area contributed by atoms with Gasteiger partial charge in [0.15, 0.2) is 0 Å². The van der Waals surface area contributed by atoms with E-state index >= 15 is 0 Å². The van der Waals surface area contributed by atoms with E-state index in [1.165, 1.54) is 6.07 Å². The molecule has 1 aromatic heterocycles. The number of halogens is 4. The summed E-state index contributed by atoms with van der Waals surface area (Å²) < 4.78 is 25.9. The Morgan fingerprint density at radius 1 is 1.60 bits per heavy atom. The van der Waals surface area contributed by atoms with E-state index < -0.39 is 6.43 Å². The van der Waals surface area contributed by atoms with Crippen molar-refractivity contribution in [3.63, 3.8) is 0 Å². The molecule has 0 aliphatic rings. The molecule has 2 nitrogen and oxygen atoms in total. The van der Waals surface area contributed by atoms with Crippen molar-refractivity contribution in [1.82, 2.24) is 4.98 Å². The summed E-state index contributed by atoms with van der Waals surface area (Å²) in [6, 6.07) is 3.21. The van der Waals surface area contributed by atoms with E-state index in [9.17, 15) is 8.78 Å². The van der Waals surface area contributed by atoms with Crippen LogP contribution in [0, 0.1) is 15.0 Å². The van der Waals surface area contributed by atoms with Crippen molar-refractivity contribution in [1.29, 1.82) is 5.26 Å². The largest absolute Gasteiger partial charge is 0.264 e. The summed E-state index contributed by atoms with van der Waals surface area (Å²) in [6.45, 7) is 0. The van der Waals surface area contributed by atoms with E-state index in [1.54, 1.807) is 0 Å². The summed E-state index contributed by atoms with van der Waals surface area (Å²) >= 11 is 5.04. The van der Waals surface area contributed by atoms with Gasteiger partial charge in [0.1, 0.15) is 3.70 Å². The molecule has 0 aliphatic carbocycles. The minimum atomic E-state index is -2.57. The van der Waals surface area contributed by atoms with Crippen molar-refractivity contribution in [2.24, 2.45) is 0 Å². The van der Waals surface area contributed by atoms with Gasteiger partial charge in [0.2, 0.25) is 0 Å². The van der Waals surface area contributed by atoms with Crippen molar-refractivity contribution in [3.8, 4) is 6.07 Å². The second kappa shape index (κ2) is 5.70. The molecule has 80 valence electrons. The van der Waals surface area contributed by atoms with Crippen LogP contribution in [0.25, 0.3) is 0 Å². The number of hydrogen-bond acceptors (Lipinski definition) is 2. The maximum atomic E-state index is 12.7. The molecule has 0 N–H and O–H groups in total. The molecule has 0 aromatic carbocycles. The van der Waals surface area contributed by atoms with Crippen LogP contribution in [0.3, 0.4) is 0 Å². The predicted octanol–water partition coefficient (Wildman–Crippen LogP) is 3.58. The Balaban J connectivity index is 3.30. The van der Waals surface area contributed by atoms with Crippen molar-refractivity contribution >= 4 is 38.5 Å². The molecular formula is C9H6BrF2IN2. The number of pyridine rings is 1. The van der Waals surface area contributed by atoms with Gasteiger partial charge in [-0.25, -0.2) is 13.8 Å². The quantitative estimate of drug-likeness (QED) is 0.452. The Kier molecular flexibility index (Phi) is 4.86. The zero-order chi connectivity index (χ0) is 11.4. The van der Waals surface area contributed by atoms with Crippen LogP contribution in [0.4, 0.5) is 8.78 Å². The first-order valence-corrected chi connectivity index (χ1v) is 6.19. The van der Waals surface area contributed by atoms with Gasteiger partial charge in [0.05, 0.1) is 18.2 Å². The second-order valence-electron chi connectivity index (χ2n) is 2.74. The number of nitrogens with zero attached hydrogens (tertiary/aromatic N) is 2. The van der Waals surface area contributed by atoms with Crippen molar-refractivity contribution in [2.45, 2.75) is 18.2 Å². The van der Waals surface area contributed by atoms with Crippen LogP contribution in [-0.2, 0) is 11.8 Å². The summed E-state index contributed by atoms with van der Waals surface area (Å²) in [4.78, 5) is 4.11. The molecule has 15 heavy (non-hydrogen) atoms. The van der Waals surface area contributed by atoms with E-state index in [-0.39, 0.29) is 12.0 Å². The van der Waals surface area contributed by atoms with Crippen LogP contribution in [0.1, 0.15) is 23.2 Å². The first-order valence-electron chi connectivity index (χ1n) is 3.99. The van der Waals surface area contributed by atoms with Crippen LogP contribution in [0.2, 0.25) is 0 Å². The average Bonchev–Trinajstić information content (AvgIpc) is 2.20. The smallest absolute Gasteiger partial charge is 0.246 e. The molecule has 0 amide bonds. The number of nitriles is 1. The van der Waals surface area contributed by atoms with E-state index in [4.69, 9.17) is 5.26 Å². The molecule has 1 rings (SSSR count). The van der Waals surface area contributed by atoms with Crippen LogP contribution in [0.15, 0.2) is 6.07 Å². The molecule has 0 aliphatic heterocycles. The normalized spacial score (nSPS) is 10.4. The van der Waals surface area contributed by atoms with E-state index in [0.717, 1.165) is 0 Å². The zero-order valence-corrected chi connectivity index (χ0v) is 11.2. The lowest BCUT2D eigenvalue weighted by molar-refractivity contribution is 0.150. The fourth-order valence-corrected chi connectivity index (χ4v) is 2.23. The molecule has 0 fully saturated rings. The summed E-state index contributed by atoms with van der Waals surface area (Å²) in [5.41, 5.74) is 0.791. The number of rotatable bonds is 3. The van der Waals surface area contributed by atoms with Gasteiger partial charge in [0, 0.05) is 16.5 Å². The van der Waals surface area contributed by atoms with Gasteiger partial charge in [-0.2, -0.15) is 5.26 Å². The van der Waals surface area contributed by atoms with Crippen molar-refractivity contribution < 1.29 is 8.78 Å². The fraction of sp³-hybridized carbons (Fsp3) is 0.333. The molecule has 0 saturated carbocycles. The molecule has 0 spiro atoms. The average molecular weight is 387 g/mol. The van der Waals surface area contributed by atoms with Crippen LogP contribution in [0.5, 0.6) is 0 Å². The lowest BCUT2D eigenvalue weighted by Gasteiger charge is -2.09. The second-order valence-corrected chi connectivity index (χ2v) is 4.32. The third-order valence-electron chi connectivity index (χ3n) is 1.79. The van der Waals surface area contributed by atoms with Crippen molar-refractivity contribution in [2.75, 3.05) is 0 Å². The summed E-state index contributed by atoms with van der Waals surface area (Å²) in [7, 11) is 0. The molecule has 6 heteroatoms. The highest BCUT2D eigenvalue weighted by Gasteiger charge is 2.17. The summed E-state index contributed by atoms with van der Waals surface area (Å²) in [6.07, 6.45) is -2.60. The molecular weight excluding hydrogens is 381 g/mol. The molecule has 0 saturated heterocycles. The minimum Gasteiger partial charge on any atom is -0.246 e. The SMILES string of the molecule is N#CCc1c(C(F)F)cc(CBr)nc1I. The summed E-state index contributed by atoms with van der Waals surface area (Å²) in [5, 5.41) is 8.97. The van der Waals surface area contributed by atoms with Gasteiger partial charge in [0.25, 0.3) is 6.43 Å². The van der Waals surface area contributed by atoms with Crippen LogP contribution < -0.4 is 0 Å². The van der Waals surface area contributed by atoms with Gasteiger partial charge in [-0.15, -0.1) is 0 Å². The highest BCUT2D eigenvalue weighted by Crippen LogP contribution is 2.27. The van der Waals surface area contributed by atoms with Gasteiger partial charge in [-0.1, -0.05) is 15.9 Å². The van der Waals surface area contributed by atoms with Gasteiger partial charge in [-0.05, 0) is 28.7 Å². The highest BCUT2D eigenvalue weighted by atomic mass is 127. The Hall–Kier alpha value is -0.290. The Labute approximate surface area is 108 Å². The molecule has 0 unspecified atom stereocenters. The third-order valence-corrected chi connectivity index (χ3v) is 3.26. The Bertz CT molecular complexity index is 404. The minimum absolute atomic E-state index is 0.0342. The van der Waals surface area contributed by atoms with Crippen LogP contribution >= 0.6 is 38.5 Å². The molecule has 0 bridgehead atoms. The lowest BCUT2D eigenvalue weighted by atomic mass is 10.1. The maximum Gasteiger partial charge on any atom is 0.264 e. The number of alkyl halides is 3. The van der Waals surface area contributed by atoms with Gasteiger partial charge >= 0.3 is 0 Å². The molecule has 0 atom stereocenters. The van der Waals surface area contributed by atoms with Crippen LogP contribution in [-0.4, -0.2) is 4.98 Å². The first-order chi connectivity index (χ1) is 7.10. The third kappa shape index (κ3) is 3.08. The monoisotopic (exact) mass is 386 g/mol. The maximum absolute atomic E-state index is 12.7. The predicted molar refractivity (Wildman–Crippen MR) is 63.9 cm³/mol. The van der Waals surface area contributed by atoms with E-state index in [2.05, 4.69) is 20.9 Å². The molecule has 1 aromatic rings. The summed E-state index contributed by atoms with van der Waals surface area (Å²) in [5.74, 6) is 0. The molecule has 1 heterocycles. The van der Waals surface area contributed by atoms with Gasteiger partial charge in [-0.3, -0.25) is 0 Å². The highest BCUT2D eigenvalue weighted by molar-refractivity contribution is 14.1. The topological polar surface area (TPSA) is 36.7 Å². The fourth-order valence-electron chi connectivity index (χ4n) is 1.13. The van der Waals surface area contributed by atoms with Crippen molar-refractivity contribution in [3.05, 3.63) is 26.6 Å².